The molecule has 0 bridgehead atoms. The van der Waals surface area contributed by atoms with Gasteiger partial charge in [-0.1, -0.05) is 19.4 Å². The van der Waals surface area contributed by atoms with E-state index in [0.29, 0.717) is 30.3 Å². The van der Waals surface area contributed by atoms with Crippen molar-refractivity contribution in [2.45, 2.75) is 19.8 Å². The smallest absolute Gasteiger partial charge is 0.257 e. The lowest BCUT2D eigenvalue weighted by atomic mass is 10.0. The van der Waals surface area contributed by atoms with Crippen molar-refractivity contribution in [2.75, 3.05) is 25.5 Å². The van der Waals surface area contributed by atoms with Gasteiger partial charge in [0.1, 0.15) is 5.75 Å². The van der Waals surface area contributed by atoms with E-state index < -0.39 is 0 Å². The standard InChI is InChI=1S/C14H22N2O3/c1-2-11(6-7-17)9-16-14(18)10-19-13-5-3-4-12(15)8-13/h3-5,8,11,17H,2,6-7,9-10,15H2,1H3,(H,16,18). The molecule has 1 rings (SSSR count). The fourth-order valence-electron chi connectivity index (χ4n) is 1.70. The van der Waals surface area contributed by atoms with Crippen molar-refractivity contribution >= 4 is 11.6 Å². The van der Waals surface area contributed by atoms with E-state index in [0.717, 1.165) is 6.42 Å². The molecular weight excluding hydrogens is 244 g/mol. The van der Waals surface area contributed by atoms with Gasteiger partial charge in [-0.25, -0.2) is 0 Å². The first-order valence-electron chi connectivity index (χ1n) is 6.51. The van der Waals surface area contributed by atoms with E-state index in [2.05, 4.69) is 5.32 Å². The predicted octanol–water partition coefficient (Wildman–Crippen LogP) is 1.17. The van der Waals surface area contributed by atoms with Gasteiger partial charge in [0.15, 0.2) is 6.61 Å². The van der Waals surface area contributed by atoms with Gasteiger partial charge in [0, 0.05) is 24.9 Å². The van der Waals surface area contributed by atoms with E-state index in [1.54, 1.807) is 24.3 Å². The maximum Gasteiger partial charge on any atom is 0.257 e. The van der Waals surface area contributed by atoms with Crippen molar-refractivity contribution in [1.82, 2.24) is 5.32 Å². The zero-order valence-corrected chi connectivity index (χ0v) is 11.3. The van der Waals surface area contributed by atoms with Crippen LogP contribution in [0.25, 0.3) is 0 Å². The highest BCUT2D eigenvalue weighted by Crippen LogP contribution is 2.14. The van der Waals surface area contributed by atoms with Crippen LogP contribution < -0.4 is 15.8 Å². The number of carbonyl (C=O) groups is 1. The highest BCUT2D eigenvalue weighted by molar-refractivity contribution is 5.77. The monoisotopic (exact) mass is 266 g/mol. The maximum atomic E-state index is 11.6. The highest BCUT2D eigenvalue weighted by Gasteiger charge is 2.08. The Kier molecular flexibility index (Phi) is 6.74. The number of amides is 1. The average Bonchev–Trinajstić information content (AvgIpc) is 2.41. The second-order valence-corrected chi connectivity index (χ2v) is 4.45. The molecule has 19 heavy (non-hydrogen) atoms. The van der Waals surface area contributed by atoms with Crippen molar-refractivity contribution in [2.24, 2.45) is 5.92 Å². The molecular formula is C14H22N2O3. The Morgan fingerprint density at radius 1 is 1.53 bits per heavy atom. The van der Waals surface area contributed by atoms with Crippen LogP contribution in [0.3, 0.4) is 0 Å². The van der Waals surface area contributed by atoms with Crippen LogP contribution in [0, 0.1) is 5.92 Å². The van der Waals surface area contributed by atoms with Gasteiger partial charge >= 0.3 is 0 Å². The summed E-state index contributed by atoms with van der Waals surface area (Å²) in [6.45, 7) is 2.72. The third kappa shape index (κ3) is 6.10. The molecule has 0 fully saturated rings. The summed E-state index contributed by atoms with van der Waals surface area (Å²) in [4.78, 5) is 11.6. The number of hydrogen-bond donors (Lipinski definition) is 3. The van der Waals surface area contributed by atoms with Crippen LogP contribution >= 0.6 is 0 Å². The van der Waals surface area contributed by atoms with Gasteiger partial charge in [0.05, 0.1) is 0 Å². The molecule has 0 spiro atoms. The molecule has 106 valence electrons. The summed E-state index contributed by atoms with van der Waals surface area (Å²) in [6, 6.07) is 6.96. The van der Waals surface area contributed by atoms with Crippen molar-refractivity contribution in [3.8, 4) is 5.75 Å². The average molecular weight is 266 g/mol. The molecule has 1 aromatic carbocycles. The summed E-state index contributed by atoms with van der Waals surface area (Å²) >= 11 is 0. The third-order valence-electron chi connectivity index (χ3n) is 2.93. The first kappa shape index (κ1) is 15.3. The Balaban J connectivity index is 2.28. The fourth-order valence-corrected chi connectivity index (χ4v) is 1.70. The molecule has 5 nitrogen and oxygen atoms in total. The number of ether oxygens (including phenoxy) is 1. The quantitative estimate of drug-likeness (QED) is 0.617. The van der Waals surface area contributed by atoms with Crippen molar-refractivity contribution in [1.29, 1.82) is 0 Å². The van der Waals surface area contributed by atoms with E-state index in [-0.39, 0.29) is 19.1 Å². The first-order valence-corrected chi connectivity index (χ1v) is 6.51. The topological polar surface area (TPSA) is 84.6 Å². The highest BCUT2D eigenvalue weighted by atomic mass is 16.5. The maximum absolute atomic E-state index is 11.6. The van der Waals surface area contributed by atoms with Crippen LogP contribution in [0.5, 0.6) is 5.75 Å². The summed E-state index contributed by atoms with van der Waals surface area (Å²) in [5, 5.41) is 11.7. The summed E-state index contributed by atoms with van der Waals surface area (Å²) in [7, 11) is 0. The molecule has 0 saturated carbocycles. The molecule has 1 atom stereocenters. The molecule has 1 unspecified atom stereocenters. The van der Waals surface area contributed by atoms with E-state index >= 15 is 0 Å². The van der Waals surface area contributed by atoms with Crippen molar-refractivity contribution < 1.29 is 14.6 Å². The molecule has 1 amide bonds. The van der Waals surface area contributed by atoms with Gasteiger partial charge in [-0.15, -0.1) is 0 Å². The molecule has 0 aromatic heterocycles. The molecule has 0 heterocycles. The van der Waals surface area contributed by atoms with Crippen molar-refractivity contribution in [3.05, 3.63) is 24.3 Å². The molecule has 4 N–H and O–H groups in total. The zero-order chi connectivity index (χ0) is 14.1. The van der Waals surface area contributed by atoms with Gasteiger partial charge < -0.3 is 20.9 Å². The number of aliphatic hydroxyl groups is 1. The lowest BCUT2D eigenvalue weighted by Gasteiger charge is -2.14. The first-order chi connectivity index (χ1) is 9.15. The Morgan fingerprint density at radius 3 is 2.95 bits per heavy atom. The summed E-state index contributed by atoms with van der Waals surface area (Å²) < 4.78 is 5.33. The number of anilines is 1. The molecule has 5 heteroatoms. The van der Waals surface area contributed by atoms with Gasteiger partial charge in [-0.3, -0.25) is 4.79 Å². The summed E-state index contributed by atoms with van der Waals surface area (Å²) in [5.74, 6) is 0.720. The lowest BCUT2D eigenvalue weighted by molar-refractivity contribution is -0.123. The fraction of sp³-hybridized carbons (Fsp3) is 0.500. The van der Waals surface area contributed by atoms with Crippen LogP contribution in [-0.2, 0) is 4.79 Å². The number of hydrogen-bond acceptors (Lipinski definition) is 4. The predicted molar refractivity (Wildman–Crippen MR) is 74.8 cm³/mol. The Morgan fingerprint density at radius 2 is 2.32 bits per heavy atom. The van der Waals surface area contributed by atoms with E-state index in [1.807, 2.05) is 6.92 Å². The van der Waals surface area contributed by atoms with Crippen LogP contribution in [0.2, 0.25) is 0 Å². The Bertz CT molecular complexity index is 396. The van der Waals surface area contributed by atoms with Crippen LogP contribution in [0.4, 0.5) is 5.69 Å². The normalized spacial score (nSPS) is 11.9. The van der Waals surface area contributed by atoms with Gasteiger partial charge in [-0.05, 0) is 24.5 Å². The summed E-state index contributed by atoms with van der Waals surface area (Å²) in [6.07, 6.45) is 1.63. The zero-order valence-electron chi connectivity index (χ0n) is 11.3. The number of nitrogens with two attached hydrogens (primary N) is 1. The van der Waals surface area contributed by atoms with Gasteiger partial charge in [0.25, 0.3) is 5.91 Å². The number of carbonyl (C=O) groups excluding carboxylic acids is 1. The molecule has 0 radical (unpaired) electrons. The number of nitrogen functional groups attached to an aromatic ring is 1. The molecule has 0 saturated heterocycles. The summed E-state index contributed by atoms with van der Waals surface area (Å²) in [5.41, 5.74) is 6.21. The Labute approximate surface area is 113 Å². The molecule has 0 aliphatic heterocycles. The van der Waals surface area contributed by atoms with E-state index in [1.165, 1.54) is 0 Å². The molecule has 0 aliphatic rings. The second kappa shape index (κ2) is 8.37. The minimum Gasteiger partial charge on any atom is -0.484 e. The minimum absolute atomic E-state index is 0.0288. The second-order valence-electron chi connectivity index (χ2n) is 4.45. The minimum atomic E-state index is -0.168. The number of benzene rings is 1. The van der Waals surface area contributed by atoms with Gasteiger partial charge in [0.2, 0.25) is 0 Å². The molecule has 1 aromatic rings. The number of rotatable bonds is 8. The van der Waals surface area contributed by atoms with Gasteiger partial charge in [-0.2, -0.15) is 0 Å². The van der Waals surface area contributed by atoms with Crippen molar-refractivity contribution in [3.63, 3.8) is 0 Å². The van der Waals surface area contributed by atoms with E-state index in [4.69, 9.17) is 15.6 Å². The molecule has 0 aliphatic carbocycles. The van der Waals surface area contributed by atoms with Crippen LogP contribution in [-0.4, -0.2) is 30.8 Å². The third-order valence-corrected chi connectivity index (χ3v) is 2.93. The van der Waals surface area contributed by atoms with Crippen LogP contribution in [0.1, 0.15) is 19.8 Å². The number of aliphatic hydroxyl groups excluding tert-OH is 1. The largest absolute Gasteiger partial charge is 0.484 e. The van der Waals surface area contributed by atoms with E-state index in [9.17, 15) is 4.79 Å². The Hall–Kier alpha value is -1.75. The lowest BCUT2D eigenvalue weighted by Crippen LogP contribution is -2.33. The SMILES string of the molecule is CCC(CCO)CNC(=O)COc1cccc(N)c1. The number of nitrogens with one attached hydrogen (secondary N) is 1. The van der Waals surface area contributed by atoms with Crippen LogP contribution in [0.15, 0.2) is 24.3 Å².